The Kier molecular flexibility index (Phi) is 7.40. The van der Waals surface area contributed by atoms with Crippen molar-refractivity contribution in [3.05, 3.63) is 102 Å². The van der Waals surface area contributed by atoms with Crippen molar-refractivity contribution in [3.8, 4) is 0 Å². The lowest BCUT2D eigenvalue weighted by molar-refractivity contribution is -0.141. The maximum atomic E-state index is 14.2. The third-order valence-electron chi connectivity index (χ3n) is 5.16. The molecule has 9 heteroatoms. The zero-order valence-corrected chi connectivity index (χ0v) is 19.1. The Balaban J connectivity index is 2.08. The molecule has 0 unspecified atom stereocenters. The molecule has 6 nitrogen and oxygen atoms in total. The lowest BCUT2D eigenvalue weighted by Crippen LogP contribution is -2.43. The Labute approximate surface area is 191 Å². The van der Waals surface area contributed by atoms with Crippen LogP contribution in [0.1, 0.15) is 29.7 Å². The molecule has 3 rings (SSSR count). The molecule has 32 heavy (non-hydrogen) atoms. The number of hydrogen-bond donors (Lipinski definition) is 0. The summed E-state index contributed by atoms with van der Waals surface area (Å²) in [4.78, 5) is 37.5. The van der Waals surface area contributed by atoms with E-state index in [4.69, 9.17) is 4.74 Å². The molecule has 0 aliphatic carbocycles. The van der Waals surface area contributed by atoms with E-state index in [0.29, 0.717) is 0 Å². The van der Waals surface area contributed by atoms with Crippen molar-refractivity contribution in [1.29, 1.82) is 0 Å². The third-order valence-corrected chi connectivity index (χ3v) is 6.07. The fraction of sp³-hybridized carbons (Fsp3) is 0.261. The van der Waals surface area contributed by atoms with Crippen LogP contribution in [0.4, 0.5) is 8.78 Å². The number of carbonyl (C=O) groups is 1. The van der Waals surface area contributed by atoms with Crippen molar-refractivity contribution in [2.75, 3.05) is 6.61 Å². The smallest absolute Gasteiger partial charge is 0.331 e. The number of hydrogen-bond acceptors (Lipinski definition) is 4. The van der Waals surface area contributed by atoms with Gasteiger partial charge in [0.25, 0.3) is 5.56 Å². The van der Waals surface area contributed by atoms with Gasteiger partial charge < -0.3 is 4.74 Å². The van der Waals surface area contributed by atoms with Crippen molar-refractivity contribution in [1.82, 2.24) is 9.13 Å². The van der Waals surface area contributed by atoms with Gasteiger partial charge in [-0.3, -0.25) is 18.7 Å². The fourth-order valence-electron chi connectivity index (χ4n) is 3.37. The largest absolute Gasteiger partial charge is 0.465 e. The fourth-order valence-corrected chi connectivity index (χ4v) is 3.80. The lowest BCUT2D eigenvalue weighted by atomic mass is 10.00. The minimum absolute atomic E-state index is 0.0430. The highest BCUT2D eigenvalue weighted by molar-refractivity contribution is 9.10. The standard InChI is InChI=1S/C23H21BrF2N2O4/c1-14-21(24)22(30)28(11-17(13-32-15(2)29)16-7-4-3-5-8-16)23(31)27(14)12-18-19(25)9-6-10-20(18)26/h3-10,17H,11-13H2,1-2H3/t17-/m1/s1. The van der Waals surface area contributed by atoms with Gasteiger partial charge in [-0.05, 0) is 40.5 Å². The third kappa shape index (κ3) is 5.04. The van der Waals surface area contributed by atoms with Gasteiger partial charge in [-0.15, -0.1) is 0 Å². The van der Waals surface area contributed by atoms with Gasteiger partial charge in [0.1, 0.15) is 16.1 Å². The molecule has 1 heterocycles. The molecular weight excluding hydrogens is 486 g/mol. The van der Waals surface area contributed by atoms with Crippen molar-refractivity contribution < 1.29 is 18.3 Å². The number of rotatable bonds is 7. The van der Waals surface area contributed by atoms with Crippen molar-refractivity contribution in [2.24, 2.45) is 0 Å². The summed E-state index contributed by atoms with van der Waals surface area (Å²) in [6.45, 7) is 2.27. The van der Waals surface area contributed by atoms with E-state index in [0.717, 1.165) is 26.8 Å². The average molecular weight is 507 g/mol. The summed E-state index contributed by atoms with van der Waals surface area (Å²) in [5.74, 6) is -2.56. The zero-order chi connectivity index (χ0) is 23.4. The molecule has 0 amide bonds. The molecule has 0 radical (unpaired) electrons. The normalized spacial score (nSPS) is 11.9. The molecule has 3 aromatic rings. The van der Waals surface area contributed by atoms with E-state index in [1.54, 1.807) is 24.3 Å². The van der Waals surface area contributed by atoms with Crippen molar-refractivity contribution in [2.45, 2.75) is 32.9 Å². The Bertz CT molecular complexity index is 1240. The SMILES string of the molecule is CC(=O)OC[C@@H](Cn1c(=O)c(Br)c(C)n(Cc2c(F)cccc2F)c1=O)c1ccccc1. The van der Waals surface area contributed by atoms with E-state index >= 15 is 0 Å². The highest BCUT2D eigenvalue weighted by Crippen LogP contribution is 2.19. The van der Waals surface area contributed by atoms with E-state index < -0.39 is 34.8 Å². The van der Waals surface area contributed by atoms with Gasteiger partial charge >= 0.3 is 11.7 Å². The van der Waals surface area contributed by atoms with Gasteiger partial charge in [0.15, 0.2) is 0 Å². The molecular formula is C23H21BrF2N2O4. The number of nitrogens with zero attached hydrogens (tertiary/aromatic N) is 2. The second kappa shape index (κ2) is 10.0. The van der Waals surface area contributed by atoms with Crippen molar-refractivity contribution in [3.63, 3.8) is 0 Å². The predicted octanol–water partition coefficient (Wildman–Crippen LogP) is 3.75. The molecule has 0 bridgehead atoms. The topological polar surface area (TPSA) is 70.3 Å². The predicted molar refractivity (Wildman–Crippen MR) is 119 cm³/mol. The number of carbonyl (C=O) groups excluding carboxylic acids is 1. The summed E-state index contributed by atoms with van der Waals surface area (Å²) in [6, 6.07) is 12.5. The van der Waals surface area contributed by atoms with Gasteiger partial charge in [-0.25, -0.2) is 13.6 Å². The van der Waals surface area contributed by atoms with E-state index in [9.17, 15) is 23.2 Å². The first kappa shape index (κ1) is 23.6. The van der Waals surface area contributed by atoms with Gasteiger partial charge in [0, 0.05) is 30.6 Å². The number of benzene rings is 2. The minimum Gasteiger partial charge on any atom is -0.465 e. The number of aromatic nitrogens is 2. The quantitative estimate of drug-likeness (QED) is 0.457. The van der Waals surface area contributed by atoms with Crippen LogP contribution in [0, 0.1) is 18.6 Å². The first-order valence-electron chi connectivity index (χ1n) is 9.81. The van der Waals surface area contributed by atoms with Gasteiger partial charge in [0.05, 0.1) is 13.2 Å². The lowest BCUT2D eigenvalue weighted by Gasteiger charge is -2.20. The highest BCUT2D eigenvalue weighted by Gasteiger charge is 2.22. The number of ether oxygens (including phenoxy) is 1. The molecule has 0 saturated heterocycles. The minimum atomic E-state index is -0.790. The van der Waals surface area contributed by atoms with E-state index in [-0.39, 0.29) is 35.4 Å². The Hall–Kier alpha value is -3.07. The monoisotopic (exact) mass is 506 g/mol. The maximum absolute atomic E-state index is 14.2. The van der Waals surface area contributed by atoms with Gasteiger partial charge in [0.2, 0.25) is 0 Å². The zero-order valence-electron chi connectivity index (χ0n) is 17.5. The molecule has 0 N–H and O–H groups in total. The van der Waals surface area contributed by atoms with Crippen LogP contribution in [-0.4, -0.2) is 21.7 Å². The molecule has 0 spiro atoms. The Morgan fingerprint density at radius 1 is 1.03 bits per heavy atom. The first-order chi connectivity index (χ1) is 15.2. The number of halogens is 3. The van der Waals surface area contributed by atoms with Crippen molar-refractivity contribution >= 4 is 21.9 Å². The summed E-state index contributed by atoms with van der Waals surface area (Å²) in [5.41, 5.74) is -0.573. The van der Waals surface area contributed by atoms with E-state index in [2.05, 4.69) is 15.9 Å². The number of esters is 1. The molecule has 168 valence electrons. The average Bonchev–Trinajstić information content (AvgIpc) is 2.77. The van der Waals surface area contributed by atoms with Crippen LogP contribution in [0.5, 0.6) is 0 Å². The molecule has 0 fully saturated rings. The Morgan fingerprint density at radius 3 is 2.25 bits per heavy atom. The van der Waals surface area contributed by atoms with E-state index in [1.807, 2.05) is 6.07 Å². The van der Waals surface area contributed by atoms with E-state index in [1.165, 1.54) is 19.9 Å². The molecule has 2 aromatic carbocycles. The van der Waals surface area contributed by atoms with Crippen LogP contribution in [0.15, 0.2) is 62.6 Å². The van der Waals surface area contributed by atoms with Crippen LogP contribution in [0.3, 0.4) is 0 Å². The van der Waals surface area contributed by atoms with Crippen LogP contribution in [0.2, 0.25) is 0 Å². The molecule has 0 aliphatic heterocycles. The van der Waals surface area contributed by atoms with Crippen LogP contribution in [0.25, 0.3) is 0 Å². The Morgan fingerprint density at radius 2 is 1.66 bits per heavy atom. The molecule has 1 aromatic heterocycles. The van der Waals surface area contributed by atoms with Crippen LogP contribution in [-0.2, 0) is 22.6 Å². The van der Waals surface area contributed by atoms with Crippen LogP contribution < -0.4 is 11.2 Å². The highest BCUT2D eigenvalue weighted by atomic mass is 79.9. The summed E-state index contributed by atoms with van der Waals surface area (Å²) in [5, 5.41) is 0. The molecule has 0 aliphatic rings. The summed E-state index contributed by atoms with van der Waals surface area (Å²) in [7, 11) is 0. The second-order valence-corrected chi connectivity index (χ2v) is 8.09. The van der Waals surface area contributed by atoms with Crippen LogP contribution >= 0.6 is 15.9 Å². The molecule has 1 atom stereocenters. The molecule has 0 saturated carbocycles. The van der Waals surface area contributed by atoms with Gasteiger partial charge in [-0.1, -0.05) is 36.4 Å². The van der Waals surface area contributed by atoms with Gasteiger partial charge in [-0.2, -0.15) is 0 Å². The first-order valence-corrected chi connectivity index (χ1v) is 10.6. The second-order valence-electron chi connectivity index (χ2n) is 7.29. The summed E-state index contributed by atoms with van der Waals surface area (Å²) < 4.78 is 35.8. The summed E-state index contributed by atoms with van der Waals surface area (Å²) in [6.07, 6.45) is 0. The summed E-state index contributed by atoms with van der Waals surface area (Å²) >= 11 is 3.21. The maximum Gasteiger partial charge on any atom is 0.331 e.